The molecule has 0 heterocycles. The number of sulfonamides is 2. The van der Waals surface area contributed by atoms with Crippen molar-refractivity contribution in [2.45, 2.75) is 11.8 Å². The predicted molar refractivity (Wildman–Crippen MR) is 142 cm³/mol. The number of benzene rings is 3. The lowest BCUT2D eigenvalue weighted by Gasteiger charge is -2.26. The highest BCUT2D eigenvalue weighted by molar-refractivity contribution is 7.93. The summed E-state index contributed by atoms with van der Waals surface area (Å²) in [6, 6.07) is 18.3. The molecule has 0 atom stereocenters. The number of halogens is 1. The molecule has 0 saturated carbocycles. The first-order valence-electron chi connectivity index (χ1n) is 10.8. The normalized spacial score (nSPS) is 11.6. The first-order valence-corrected chi connectivity index (χ1v) is 14.4. The summed E-state index contributed by atoms with van der Waals surface area (Å²) in [6.07, 6.45) is 1.06. The summed E-state index contributed by atoms with van der Waals surface area (Å²) in [7, 11) is -6.31. The van der Waals surface area contributed by atoms with Gasteiger partial charge in [0, 0.05) is 17.8 Å². The number of anilines is 3. The quantitative estimate of drug-likeness (QED) is 0.408. The van der Waals surface area contributed by atoms with Crippen molar-refractivity contribution >= 4 is 54.6 Å². The Morgan fingerprint density at radius 1 is 0.972 bits per heavy atom. The average molecular weight is 552 g/mol. The second-order valence-electron chi connectivity index (χ2n) is 7.70. The van der Waals surface area contributed by atoms with Gasteiger partial charge in [-0.2, -0.15) is 0 Å². The molecule has 36 heavy (non-hydrogen) atoms. The van der Waals surface area contributed by atoms with Gasteiger partial charge in [0.2, 0.25) is 15.9 Å². The number of carbonyl (C=O) groups excluding carboxylic acids is 1. The van der Waals surface area contributed by atoms with Gasteiger partial charge in [-0.05, 0) is 61.5 Å². The van der Waals surface area contributed by atoms with Crippen molar-refractivity contribution in [1.82, 2.24) is 0 Å². The molecular weight excluding hydrogens is 526 g/mol. The molecule has 192 valence electrons. The van der Waals surface area contributed by atoms with Crippen molar-refractivity contribution in [3.05, 3.63) is 77.8 Å². The molecule has 0 aromatic heterocycles. The minimum atomic E-state index is -4.19. The van der Waals surface area contributed by atoms with Crippen LogP contribution < -0.4 is 18.7 Å². The number of amides is 1. The smallest absolute Gasteiger partial charge is 0.264 e. The number of nitrogens with zero attached hydrogens (tertiary/aromatic N) is 2. The highest BCUT2D eigenvalue weighted by Gasteiger charge is 2.29. The molecule has 1 N–H and O–H groups in total. The molecular formula is C24H26ClN3O6S2. The van der Waals surface area contributed by atoms with Crippen molar-refractivity contribution in [3.63, 3.8) is 0 Å². The molecule has 0 aliphatic rings. The monoisotopic (exact) mass is 551 g/mol. The van der Waals surface area contributed by atoms with Gasteiger partial charge in [0.05, 0.1) is 29.1 Å². The van der Waals surface area contributed by atoms with Gasteiger partial charge < -0.3 is 10.1 Å². The standard InChI is InChI=1S/C24H26ClN3O6S2/c1-4-34-23-11-6-5-10-22(23)28(36(32,33)21-14-12-18(25)13-15-21)17-24(29)26-19-8-7-9-20(16-19)27(2)35(3,30)31/h5-16H,4,17H2,1-3H3,(H,26,29). The summed E-state index contributed by atoms with van der Waals surface area (Å²) >= 11 is 5.93. The zero-order valence-corrected chi connectivity index (χ0v) is 22.3. The second-order valence-corrected chi connectivity index (χ2v) is 12.0. The highest BCUT2D eigenvalue weighted by atomic mass is 35.5. The second kappa shape index (κ2) is 11.2. The molecule has 3 rings (SSSR count). The van der Waals surface area contributed by atoms with E-state index in [4.69, 9.17) is 16.3 Å². The van der Waals surface area contributed by atoms with Crippen LogP contribution in [0.25, 0.3) is 0 Å². The van der Waals surface area contributed by atoms with E-state index in [0.29, 0.717) is 28.8 Å². The third kappa shape index (κ3) is 6.48. The van der Waals surface area contributed by atoms with Crippen molar-refractivity contribution in [2.75, 3.05) is 40.4 Å². The summed E-state index contributed by atoms with van der Waals surface area (Å²) in [5.41, 5.74) is 0.826. The summed E-state index contributed by atoms with van der Waals surface area (Å²) in [6.45, 7) is 1.49. The third-order valence-electron chi connectivity index (χ3n) is 5.11. The van der Waals surface area contributed by atoms with Crippen LogP contribution >= 0.6 is 11.6 Å². The topological polar surface area (TPSA) is 113 Å². The van der Waals surface area contributed by atoms with Crippen molar-refractivity contribution < 1.29 is 26.4 Å². The molecule has 0 bridgehead atoms. The molecule has 9 nitrogen and oxygen atoms in total. The fourth-order valence-corrected chi connectivity index (χ4v) is 5.33. The van der Waals surface area contributed by atoms with E-state index in [1.54, 1.807) is 49.4 Å². The molecule has 3 aromatic rings. The fourth-order valence-electron chi connectivity index (χ4n) is 3.28. The van der Waals surface area contributed by atoms with Crippen LogP contribution in [-0.2, 0) is 24.8 Å². The Morgan fingerprint density at radius 3 is 2.28 bits per heavy atom. The van der Waals surface area contributed by atoms with E-state index in [2.05, 4.69) is 5.32 Å². The first-order chi connectivity index (χ1) is 16.9. The minimum Gasteiger partial charge on any atom is -0.492 e. The van der Waals surface area contributed by atoms with Crippen LogP contribution in [0.2, 0.25) is 5.02 Å². The third-order valence-corrected chi connectivity index (χ3v) is 8.35. The number of hydrogen-bond acceptors (Lipinski definition) is 6. The predicted octanol–water partition coefficient (Wildman–Crippen LogP) is 3.97. The molecule has 3 aromatic carbocycles. The molecule has 0 aliphatic carbocycles. The van der Waals surface area contributed by atoms with Crippen LogP contribution in [-0.4, -0.2) is 49.2 Å². The van der Waals surface area contributed by atoms with E-state index < -0.39 is 32.5 Å². The largest absolute Gasteiger partial charge is 0.492 e. The van der Waals surface area contributed by atoms with Crippen LogP contribution in [0.15, 0.2) is 77.7 Å². The van der Waals surface area contributed by atoms with Crippen LogP contribution in [0.1, 0.15) is 6.92 Å². The Labute approximate surface area is 216 Å². The van der Waals surface area contributed by atoms with Gasteiger partial charge >= 0.3 is 0 Å². The molecule has 0 saturated heterocycles. The fraction of sp³-hybridized carbons (Fsp3) is 0.208. The van der Waals surface area contributed by atoms with Crippen molar-refractivity contribution in [1.29, 1.82) is 0 Å². The Kier molecular flexibility index (Phi) is 8.49. The summed E-state index contributed by atoms with van der Waals surface area (Å²) in [5, 5.41) is 3.01. The molecule has 0 fully saturated rings. The number of nitrogens with one attached hydrogen (secondary N) is 1. The Bertz CT molecular complexity index is 1440. The SMILES string of the molecule is CCOc1ccccc1N(CC(=O)Nc1cccc(N(C)S(C)(=O)=O)c1)S(=O)(=O)c1ccc(Cl)cc1. The van der Waals surface area contributed by atoms with Crippen LogP contribution in [0, 0.1) is 0 Å². The average Bonchev–Trinajstić information content (AvgIpc) is 2.82. The molecule has 12 heteroatoms. The number of ether oxygens (including phenoxy) is 1. The Morgan fingerprint density at radius 2 is 1.64 bits per heavy atom. The maximum Gasteiger partial charge on any atom is 0.264 e. The number of rotatable bonds is 10. The number of carbonyl (C=O) groups is 1. The Balaban J connectivity index is 1.97. The van der Waals surface area contributed by atoms with E-state index in [-0.39, 0.29) is 10.6 Å². The van der Waals surface area contributed by atoms with Gasteiger partial charge in [-0.3, -0.25) is 13.4 Å². The van der Waals surface area contributed by atoms with Gasteiger partial charge in [0.1, 0.15) is 12.3 Å². The first kappa shape index (κ1) is 27.3. The summed E-state index contributed by atoms with van der Waals surface area (Å²) in [5.74, 6) is -0.347. The van der Waals surface area contributed by atoms with Crippen molar-refractivity contribution in [2.24, 2.45) is 0 Å². The molecule has 1 amide bonds. The number of para-hydroxylation sites is 2. The van der Waals surface area contributed by atoms with Gasteiger partial charge in [-0.1, -0.05) is 29.8 Å². The minimum absolute atomic E-state index is 0.0530. The van der Waals surface area contributed by atoms with Gasteiger partial charge in [0.15, 0.2) is 0 Å². The lowest BCUT2D eigenvalue weighted by atomic mass is 10.2. The zero-order valence-electron chi connectivity index (χ0n) is 19.9. The zero-order chi connectivity index (χ0) is 26.5. The lowest BCUT2D eigenvalue weighted by molar-refractivity contribution is -0.114. The highest BCUT2D eigenvalue weighted by Crippen LogP contribution is 2.33. The van der Waals surface area contributed by atoms with Crippen LogP contribution in [0.3, 0.4) is 0 Å². The van der Waals surface area contributed by atoms with E-state index in [1.165, 1.54) is 37.4 Å². The summed E-state index contributed by atoms with van der Waals surface area (Å²) < 4.78 is 58.6. The van der Waals surface area contributed by atoms with E-state index in [9.17, 15) is 21.6 Å². The molecule has 0 radical (unpaired) electrons. The maximum absolute atomic E-state index is 13.6. The Hall–Kier alpha value is -3.28. The van der Waals surface area contributed by atoms with E-state index >= 15 is 0 Å². The maximum atomic E-state index is 13.6. The van der Waals surface area contributed by atoms with E-state index in [1.807, 2.05) is 0 Å². The van der Waals surface area contributed by atoms with Crippen LogP contribution in [0.4, 0.5) is 17.1 Å². The molecule has 0 spiro atoms. The lowest BCUT2D eigenvalue weighted by Crippen LogP contribution is -2.38. The molecule has 0 unspecified atom stereocenters. The van der Waals surface area contributed by atoms with Gasteiger partial charge in [-0.15, -0.1) is 0 Å². The van der Waals surface area contributed by atoms with E-state index in [0.717, 1.165) is 14.9 Å². The molecule has 0 aliphatic heterocycles. The summed E-state index contributed by atoms with van der Waals surface area (Å²) in [4.78, 5) is 13.0. The van der Waals surface area contributed by atoms with Crippen molar-refractivity contribution in [3.8, 4) is 5.75 Å². The van der Waals surface area contributed by atoms with Gasteiger partial charge in [0.25, 0.3) is 10.0 Å². The number of hydrogen-bond donors (Lipinski definition) is 1. The van der Waals surface area contributed by atoms with Gasteiger partial charge in [-0.25, -0.2) is 16.8 Å². The van der Waals surface area contributed by atoms with Crippen LogP contribution in [0.5, 0.6) is 5.75 Å².